The standard InChI is InChI=1S/C28H20Cl2N2O2/c1-17(18-10-12-19(29)13-11-18)31-28(33)22-16-25(32-24-9-5-3-6-20(22)24)27-15-14-26(34-27)21-7-2-4-8-23(21)30/h2-17H,1H3,(H,31,33). The van der Waals surface area contributed by atoms with Gasteiger partial charge >= 0.3 is 0 Å². The van der Waals surface area contributed by atoms with E-state index in [0.29, 0.717) is 38.3 Å². The SMILES string of the molecule is CC(NC(=O)c1cc(-c2ccc(-c3ccccc3Cl)o2)nc2ccccc12)c1ccc(Cl)cc1. The van der Waals surface area contributed by atoms with Gasteiger partial charge in [-0.05, 0) is 61.0 Å². The van der Waals surface area contributed by atoms with Crippen molar-refractivity contribution in [1.82, 2.24) is 10.3 Å². The summed E-state index contributed by atoms with van der Waals surface area (Å²) in [5.74, 6) is 0.999. The number of hydrogen-bond donors (Lipinski definition) is 1. The molecule has 3 aromatic carbocycles. The topological polar surface area (TPSA) is 55.1 Å². The highest BCUT2D eigenvalue weighted by atomic mass is 35.5. The first-order valence-electron chi connectivity index (χ1n) is 10.8. The predicted octanol–water partition coefficient (Wildman–Crippen LogP) is 7.96. The normalized spacial score (nSPS) is 12.0. The van der Waals surface area contributed by atoms with Gasteiger partial charge in [-0.3, -0.25) is 4.79 Å². The van der Waals surface area contributed by atoms with Crippen LogP contribution in [0.1, 0.15) is 28.9 Å². The lowest BCUT2D eigenvalue weighted by atomic mass is 10.0. The van der Waals surface area contributed by atoms with Gasteiger partial charge in [0.2, 0.25) is 0 Å². The number of halogens is 2. The summed E-state index contributed by atoms with van der Waals surface area (Å²) in [6.07, 6.45) is 0. The number of amides is 1. The number of carbonyl (C=O) groups is 1. The second kappa shape index (κ2) is 9.34. The Balaban J connectivity index is 1.51. The Bertz CT molecular complexity index is 1490. The van der Waals surface area contributed by atoms with Gasteiger partial charge in [-0.1, -0.05) is 65.7 Å². The molecule has 0 aliphatic carbocycles. The Hall–Kier alpha value is -3.60. The summed E-state index contributed by atoms with van der Waals surface area (Å²) in [5.41, 5.74) is 3.57. The fourth-order valence-corrected chi connectivity index (χ4v) is 4.23. The minimum Gasteiger partial charge on any atom is -0.454 e. The van der Waals surface area contributed by atoms with E-state index in [2.05, 4.69) is 5.32 Å². The Labute approximate surface area is 207 Å². The molecule has 5 aromatic rings. The van der Waals surface area contributed by atoms with Crippen LogP contribution in [0, 0.1) is 0 Å². The molecule has 0 bridgehead atoms. The molecule has 1 atom stereocenters. The van der Waals surface area contributed by atoms with E-state index >= 15 is 0 Å². The molecule has 0 spiro atoms. The minimum absolute atomic E-state index is 0.194. The van der Waals surface area contributed by atoms with Crippen molar-refractivity contribution in [3.8, 4) is 22.8 Å². The van der Waals surface area contributed by atoms with Crippen molar-refractivity contribution < 1.29 is 9.21 Å². The summed E-state index contributed by atoms with van der Waals surface area (Å²) >= 11 is 12.3. The molecule has 1 N–H and O–H groups in total. The average molecular weight is 487 g/mol. The Morgan fingerprint density at radius 1 is 0.882 bits per heavy atom. The number of nitrogens with zero attached hydrogens (tertiary/aromatic N) is 1. The molecule has 0 aliphatic heterocycles. The number of fused-ring (bicyclic) bond motifs is 1. The second-order valence-electron chi connectivity index (χ2n) is 7.96. The quantitative estimate of drug-likeness (QED) is 0.274. The van der Waals surface area contributed by atoms with Crippen LogP contribution >= 0.6 is 23.2 Å². The molecule has 5 rings (SSSR count). The van der Waals surface area contributed by atoms with Gasteiger partial charge in [0.15, 0.2) is 5.76 Å². The highest BCUT2D eigenvalue weighted by Crippen LogP contribution is 2.33. The van der Waals surface area contributed by atoms with Crippen molar-refractivity contribution in [3.05, 3.63) is 112 Å². The molecule has 0 aliphatic rings. The van der Waals surface area contributed by atoms with Crippen LogP contribution in [0.3, 0.4) is 0 Å². The molecule has 0 radical (unpaired) electrons. The van der Waals surface area contributed by atoms with Crippen molar-refractivity contribution in [2.45, 2.75) is 13.0 Å². The van der Waals surface area contributed by atoms with Gasteiger partial charge in [-0.2, -0.15) is 0 Å². The van der Waals surface area contributed by atoms with E-state index in [0.717, 1.165) is 16.5 Å². The fourth-order valence-electron chi connectivity index (χ4n) is 3.88. The Kier molecular flexibility index (Phi) is 6.10. The number of hydrogen-bond acceptors (Lipinski definition) is 3. The van der Waals surface area contributed by atoms with Crippen LogP contribution in [-0.4, -0.2) is 10.9 Å². The number of furan rings is 1. The Morgan fingerprint density at radius 3 is 2.38 bits per heavy atom. The van der Waals surface area contributed by atoms with E-state index in [1.807, 2.05) is 91.9 Å². The number of nitrogens with one attached hydrogen (secondary N) is 1. The maximum absolute atomic E-state index is 13.4. The first kappa shape index (κ1) is 22.2. The molecule has 34 heavy (non-hydrogen) atoms. The monoisotopic (exact) mass is 486 g/mol. The van der Waals surface area contributed by atoms with Crippen LogP contribution in [0.4, 0.5) is 0 Å². The third-order valence-corrected chi connectivity index (χ3v) is 6.26. The molecule has 1 unspecified atom stereocenters. The van der Waals surface area contributed by atoms with Crippen LogP contribution in [0.2, 0.25) is 10.0 Å². The van der Waals surface area contributed by atoms with E-state index in [-0.39, 0.29) is 11.9 Å². The molecule has 2 aromatic heterocycles. The summed E-state index contributed by atoms with van der Waals surface area (Å²) < 4.78 is 6.09. The molecule has 0 fully saturated rings. The summed E-state index contributed by atoms with van der Waals surface area (Å²) in [6.45, 7) is 1.94. The van der Waals surface area contributed by atoms with Crippen LogP contribution in [0.15, 0.2) is 95.4 Å². The number of pyridine rings is 1. The van der Waals surface area contributed by atoms with E-state index < -0.39 is 0 Å². The average Bonchev–Trinajstić information content (AvgIpc) is 3.34. The lowest BCUT2D eigenvalue weighted by molar-refractivity contribution is 0.0941. The lowest BCUT2D eigenvalue weighted by Gasteiger charge is -2.16. The summed E-state index contributed by atoms with van der Waals surface area (Å²) in [7, 11) is 0. The number of benzene rings is 3. The van der Waals surface area contributed by atoms with Gasteiger partial charge in [0, 0.05) is 16.0 Å². The molecule has 4 nitrogen and oxygen atoms in total. The van der Waals surface area contributed by atoms with Crippen LogP contribution in [0.25, 0.3) is 33.7 Å². The molecule has 1 amide bonds. The van der Waals surface area contributed by atoms with Gasteiger partial charge < -0.3 is 9.73 Å². The van der Waals surface area contributed by atoms with Gasteiger partial charge in [-0.15, -0.1) is 0 Å². The molecule has 6 heteroatoms. The van der Waals surface area contributed by atoms with Crippen molar-refractivity contribution in [1.29, 1.82) is 0 Å². The zero-order valence-electron chi connectivity index (χ0n) is 18.3. The number of aromatic nitrogens is 1. The van der Waals surface area contributed by atoms with Crippen LogP contribution in [-0.2, 0) is 0 Å². The zero-order chi connectivity index (χ0) is 23.7. The minimum atomic E-state index is -0.199. The van der Waals surface area contributed by atoms with E-state index in [4.69, 9.17) is 32.6 Å². The highest BCUT2D eigenvalue weighted by molar-refractivity contribution is 6.33. The summed E-state index contributed by atoms with van der Waals surface area (Å²) in [6, 6.07) is 27.8. The largest absolute Gasteiger partial charge is 0.454 e. The summed E-state index contributed by atoms with van der Waals surface area (Å²) in [5, 5.41) is 5.11. The molecule has 2 heterocycles. The number of para-hydroxylation sites is 1. The molecule has 0 saturated carbocycles. The predicted molar refractivity (Wildman–Crippen MR) is 137 cm³/mol. The van der Waals surface area contributed by atoms with Crippen molar-refractivity contribution in [3.63, 3.8) is 0 Å². The van der Waals surface area contributed by atoms with E-state index in [1.54, 1.807) is 6.07 Å². The highest BCUT2D eigenvalue weighted by Gasteiger charge is 2.18. The molecule has 0 saturated heterocycles. The maximum Gasteiger partial charge on any atom is 0.252 e. The van der Waals surface area contributed by atoms with Gasteiger partial charge in [-0.25, -0.2) is 4.98 Å². The van der Waals surface area contributed by atoms with Crippen molar-refractivity contribution >= 4 is 40.0 Å². The lowest BCUT2D eigenvalue weighted by Crippen LogP contribution is -2.27. The van der Waals surface area contributed by atoms with Crippen molar-refractivity contribution in [2.24, 2.45) is 0 Å². The molecular formula is C28H20Cl2N2O2. The molecular weight excluding hydrogens is 467 g/mol. The van der Waals surface area contributed by atoms with Crippen LogP contribution in [0.5, 0.6) is 0 Å². The maximum atomic E-state index is 13.4. The third-order valence-electron chi connectivity index (χ3n) is 5.68. The summed E-state index contributed by atoms with van der Waals surface area (Å²) in [4.78, 5) is 18.1. The van der Waals surface area contributed by atoms with E-state index in [9.17, 15) is 4.79 Å². The zero-order valence-corrected chi connectivity index (χ0v) is 19.8. The smallest absolute Gasteiger partial charge is 0.252 e. The first-order valence-corrected chi connectivity index (χ1v) is 11.6. The van der Waals surface area contributed by atoms with Gasteiger partial charge in [0.1, 0.15) is 11.5 Å². The van der Waals surface area contributed by atoms with E-state index in [1.165, 1.54) is 0 Å². The van der Waals surface area contributed by atoms with Crippen LogP contribution < -0.4 is 5.32 Å². The van der Waals surface area contributed by atoms with Gasteiger partial charge in [0.25, 0.3) is 5.91 Å². The van der Waals surface area contributed by atoms with Crippen molar-refractivity contribution in [2.75, 3.05) is 0 Å². The molecule has 168 valence electrons. The van der Waals surface area contributed by atoms with Gasteiger partial charge in [0.05, 0.1) is 22.1 Å². The second-order valence-corrected chi connectivity index (χ2v) is 8.81. The third kappa shape index (κ3) is 4.43. The number of rotatable bonds is 5. The number of carbonyl (C=O) groups excluding carboxylic acids is 1. The fraction of sp³-hybridized carbons (Fsp3) is 0.0714. The Morgan fingerprint density at radius 2 is 1.59 bits per heavy atom. The first-order chi connectivity index (χ1) is 16.5.